The highest BCUT2D eigenvalue weighted by Crippen LogP contribution is 2.33. The second kappa shape index (κ2) is 5.45. The first-order chi connectivity index (χ1) is 8.52. The first-order valence-corrected chi connectivity index (χ1v) is 7.17. The van der Waals surface area contributed by atoms with Crippen LogP contribution in [0.4, 0.5) is 5.69 Å². The Kier molecular flexibility index (Phi) is 4.13. The first kappa shape index (κ1) is 13.6. The van der Waals surface area contributed by atoms with Gasteiger partial charge in [-0.15, -0.1) is 0 Å². The highest BCUT2D eigenvalue weighted by Gasteiger charge is 2.27. The molecule has 1 aliphatic carbocycles. The Balaban J connectivity index is 2.28. The van der Waals surface area contributed by atoms with Gasteiger partial charge in [0.05, 0.1) is 10.6 Å². The van der Waals surface area contributed by atoms with Crippen LogP contribution in [0.25, 0.3) is 0 Å². The summed E-state index contributed by atoms with van der Waals surface area (Å²) >= 11 is 11.3. The smallest absolute Gasteiger partial charge is 0.107 e. The number of hydrogen-bond acceptors (Lipinski definition) is 2. The summed E-state index contributed by atoms with van der Waals surface area (Å²) in [6, 6.07) is 5.75. The Bertz CT molecular complexity index is 453. The summed E-state index contributed by atoms with van der Waals surface area (Å²) in [5, 5.41) is 4.21. The molecule has 2 nitrogen and oxygen atoms in total. The molecule has 98 valence electrons. The Morgan fingerprint density at radius 3 is 2.61 bits per heavy atom. The van der Waals surface area contributed by atoms with E-state index in [9.17, 15) is 0 Å². The molecule has 0 unspecified atom stereocenters. The molecule has 0 amide bonds. The molecule has 0 radical (unpaired) electrons. The number of nitrogens with two attached hydrogens (primary N) is 1. The van der Waals surface area contributed by atoms with E-state index in [0.717, 1.165) is 11.3 Å². The summed E-state index contributed by atoms with van der Waals surface area (Å²) in [5.74, 6) is 0. The molecule has 4 heteroatoms. The van der Waals surface area contributed by atoms with Crippen molar-refractivity contribution in [1.82, 2.24) is 0 Å². The van der Waals surface area contributed by atoms with Crippen molar-refractivity contribution in [3.05, 3.63) is 28.8 Å². The van der Waals surface area contributed by atoms with Crippen molar-refractivity contribution in [2.24, 2.45) is 5.73 Å². The number of benzene rings is 1. The predicted molar refractivity (Wildman–Crippen MR) is 82.5 cm³/mol. The molecule has 0 heterocycles. The van der Waals surface area contributed by atoms with Gasteiger partial charge in [0.2, 0.25) is 0 Å². The van der Waals surface area contributed by atoms with Gasteiger partial charge in [-0.25, -0.2) is 0 Å². The number of nitrogens with one attached hydrogen (secondary N) is 1. The summed E-state index contributed by atoms with van der Waals surface area (Å²) < 4.78 is 0. The van der Waals surface area contributed by atoms with Gasteiger partial charge in [-0.2, -0.15) is 0 Å². The van der Waals surface area contributed by atoms with Crippen LogP contribution in [-0.2, 0) is 0 Å². The van der Waals surface area contributed by atoms with E-state index in [-0.39, 0.29) is 5.54 Å². The van der Waals surface area contributed by atoms with Gasteiger partial charge in [0, 0.05) is 11.2 Å². The molecule has 2 rings (SSSR count). The lowest BCUT2D eigenvalue weighted by atomic mass is 9.83. The molecule has 0 aliphatic heterocycles. The Labute approximate surface area is 119 Å². The minimum Gasteiger partial charge on any atom is -0.389 e. The SMILES string of the molecule is CC1(Nc2cccc(Cl)c2C(N)=S)CCCCC1. The Hall–Kier alpha value is -0.800. The summed E-state index contributed by atoms with van der Waals surface area (Å²) in [6.45, 7) is 2.26. The fraction of sp³-hybridized carbons (Fsp3) is 0.500. The Morgan fingerprint density at radius 2 is 2.00 bits per heavy atom. The van der Waals surface area contributed by atoms with Crippen molar-refractivity contribution in [3.8, 4) is 0 Å². The maximum absolute atomic E-state index is 6.18. The van der Waals surface area contributed by atoms with Crippen molar-refractivity contribution in [2.75, 3.05) is 5.32 Å². The van der Waals surface area contributed by atoms with Crippen LogP contribution in [0.2, 0.25) is 5.02 Å². The molecule has 1 aromatic rings. The molecule has 1 aliphatic rings. The third-order valence-electron chi connectivity index (χ3n) is 3.65. The number of hydrogen-bond donors (Lipinski definition) is 2. The molecule has 0 aromatic heterocycles. The normalized spacial score (nSPS) is 18.3. The molecule has 1 saturated carbocycles. The highest BCUT2D eigenvalue weighted by atomic mass is 35.5. The topological polar surface area (TPSA) is 38.0 Å². The van der Waals surface area contributed by atoms with E-state index in [1.807, 2.05) is 18.2 Å². The largest absolute Gasteiger partial charge is 0.389 e. The average molecular weight is 283 g/mol. The molecule has 1 fully saturated rings. The second-order valence-electron chi connectivity index (χ2n) is 5.27. The molecule has 0 spiro atoms. The van der Waals surface area contributed by atoms with E-state index in [1.165, 1.54) is 32.1 Å². The van der Waals surface area contributed by atoms with Gasteiger partial charge in [-0.05, 0) is 31.9 Å². The van der Waals surface area contributed by atoms with E-state index < -0.39 is 0 Å². The van der Waals surface area contributed by atoms with E-state index >= 15 is 0 Å². The van der Waals surface area contributed by atoms with E-state index in [0.29, 0.717) is 10.0 Å². The zero-order valence-corrected chi connectivity index (χ0v) is 12.2. The third-order valence-corrected chi connectivity index (χ3v) is 4.17. The zero-order valence-electron chi connectivity index (χ0n) is 10.6. The van der Waals surface area contributed by atoms with Crippen LogP contribution in [0.5, 0.6) is 0 Å². The van der Waals surface area contributed by atoms with Crippen LogP contribution < -0.4 is 11.1 Å². The maximum atomic E-state index is 6.18. The first-order valence-electron chi connectivity index (χ1n) is 6.38. The van der Waals surface area contributed by atoms with Crippen LogP contribution in [-0.4, -0.2) is 10.5 Å². The average Bonchev–Trinajstić information content (AvgIpc) is 2.28. The fourth-order valence-corrected chi connectivity index (χ4v) is 3.21. The lowest BCUT2D eigenvalue weighted by molar-refractivity contribution is 0.349. The quantitative estimate of drug-likeness (QED) is 0.820. The summed E-state index contributed by atoms with van der Waals surface area (Å²) in [4.78, 5) is 0.350. The van der Waals surface area contributed by atoms with Gasteiger partial charge in [-0.3, -0.25) is 0 Å². The van der Waals surface area contributed by atoms with E-state index in [1.54, 1.807) is 0 Å². The third kappa shape index (κ3) is 2.96. The van der Waals surface area contributed by atoms with Gasteiger partial charge in [-0.1, -0.05) is 49.1 Å². The number of halogens is 1. The summed E-state index contributed by atoms with van der Waals surface area (Å²) in [7, 11) is 0. The maximum Gasteiger partial charge on any atom is 0.107 e. The van der Waals surface area contributed by atoms with Crippen molar-refractivity contribution in [3.63, 3.8) is 0 Å². The lowest BCUT2D eigenvalue weighted by Gasteiger charge is -2.36. The monoisotopic (exact) mass is 282 g/mol. The van der Waals surface area contributed by atoms with Crippen LogP contribution in [0, 0.1) is 0 Å². The van der Waals surface area contributed by atoms with Gasteiger partial charge < -0.3 is 11.1 Å². The van der Waals surface area contributed by atoms with Gasteiger partial charge >= 0.3 is 0 Å². The molecule has 0 atom stereocenters. The molecule has 0 saturated heterocycles. The van der Waals surface area contributed by atoms with Gasteiger partial charge in [0.25, 0.3) is 0 Å². The van der Waals surface area contributed by atoms with Crippen LogP contribution in [0.15, 0.2) is 18.2 Å². The minimum atomic E-state index is 0.127. The number of anilines is 1. The molecule has 0 bridgehead atoms. The second-order valence-corrected chi connectivity index (χ2v) is 6.12. The molecule has 18 heavy (non-hydrogen) atoms. The minimum absolute atomic E-state index is 0.127. The lowest BCUT2D eigenvalue weighted by Crippen LogP contribution is -2.37. The summed E-state index contributed by atoms with van der Waals surface area (Å²) in [6.07, 6.45) is 6.22. The van der Waals surface area contributed by atoms with Crippen LogP contribution in [0.3, 0.4) is 0 Å². The molecular formula is C14H19ClN2S. The van der Waals surface area contributed by atoms with Crippen molar-refractivity contribution < 1.29 is 0 Å². The zero-order chi connectivity index (χ0) is 13.2. The van der Waals surface area contributed by atoms with Crippen LogP contribution in [0.1, 0.15) is 44.6 Å². The van der Waals surface area contributed by atoms with Crippen molar-refractivity contribution in [2.45, 2.75) is 44.6 Å². The molecule has 1 aromatic carbocycles. The van der Waals surface area contributed by atoms with Crippen LogP contribution >= 0.6 is 23.8 Å². The van der Waals surface area contributed by atoms with Crippen molar-refractivity contribution >= 4 is 34.5 Å². The summed E-state index contributed by atoms with van der Waals surface area (Å²) in [5.41, 5.74) is 7.62. The van der Waals surface area contributed by atoms with E-state index in [4.69, 9.17) is 29.6 Å². The molecular weight excluding hydrogens is 264 g/mol. The van der Waals surface area contributed by atoms with Gasteiger partial charge in [0.15, 0.2) is 0 Å². The van der Waals surface area contributed by atoms with Gasteiger partial charge in [0.1, 0.15) is 4.99 Å². The number of rotatable bonds is 3. The fourth-order valence-electron chi connectivity index (χ4n) is 2.66. The Morgan fingerprint density at radius 1 is 1.33 bits per heavy atom. The van der Waals surface area contributed by atoms with E-state index in [2.05, 4.69) is 12.2 Å². The van der Waals surface area contributed by atoms with Crippen molar-refractivity contribution in [1.29, 1.82) is 0 Å². The highest BCUT2D eigenvalue weighted by molar-refractivity contribution is 7.80. The molecule has 3 N–H and O–H groups in total. The standard InChI is InChI=1S/C14H19ClN2S/c1-14(8-3-2-4-9-14)17-11-7-5-6-10(15)12(11)13(16)18/h5-7,17H,2-4,8-9H2,1H3,(H2,16,18). The predicted octanol–water partition coefficient (Wildman–Crippen LogP) is 4.11. The number of thiocarbonyl (C=S) groups is 1.